The van der Waals surface area contributed by atoms with Gasteiger partial charge in [0.05, 0.1) is 6.04 Å². The number of likely N-dealkylation sites (tertiary alicyclic amines) is 1. The van der Waals surface area contributed by atoms with Crippen molar-refractivity contribution in [3.63, 3.8) is 0 Å². The van der Waals surface area contributed by atoms with Crippen LogP contribution in [0, 0.1) is 17.8 Å². The fraction of sp³-hybridized carbons (Fsp3) is 0.846. The monoisotopic (exact) mass is 251 g/mol. The molecule has 0 aromatic heterocycles. The van der Waals surface area contributed by atoms with Gasteiger partial charge >= 0.3 is 0 Å². The molecule has 0 aromatic carbocycles. The first-order valence-electron chi connectivity index (χ1n) is 7.00. The molecule has 3 aliphatic rings. The van der Waals surface area contributed by atoms with Crippen LogP contribution >= 0.6 is 0 Å². The Morgan fingerprint density at radius 1 is 1.22 bits per heavy atom. The quantitative estimate of drug-likeness (QED) is 0.340. The average Bonchev–Trinajstić information content (AvgIpc) is 3.30. The van der Waals surface area contributed by atoms with E-state index in [1.165, 1.54) is 25.7 Å². The second-order valence-corrected chi connectivity index (χ2v) is 5.92. The smallest absolute Gasteiger partial charge is 0.226 e. The molecular formula is C13H21N3O2. The average molecular weight is 251 g/mol. The van der Waals surface area contributed by atoms with E-state index in [1.807, 2.05) is 4.90 Å². The largest absolute Gasteiger partial charge is 0.409 e. The Balaban J connectivity index is 1.73. The van der Waals surface area contributed by atoms with Crippen LogP contribution in [0.25, 0.3) is 0 Å². The molecule has 3 rings (SSSR count). The first-order chi connectivity index (χ1) is 8.72. The zero-order chi connectivity index (χ0) is 12.7. The fourth-order valence-electron chi connectivity index (χ4n) is 3.29. The lowest BCUT2D eigenvalue weighted by Crippen LogP contribution is -2.47. The number of hydrogen-bond acceptors (Lipinski definition) is 3. The molecule has 0 aromatic rings. The summed E-state index contributed by atoms with van der Waals surface area (Å²) in [6, 6.07) is -0.178. The number of rotatable bonds is 4. The summed E-state index contributed by atoms with van der Waals surface area (Å²) in [4.78, 5) is 14.5. The van der Waals surface area contributed by atoms with E-state index in [9.17, 15) is 4.79 Å². The van der Waals surface area contributed by atoms with Gasteiger partial charge in [-0.25, -0.2) is 0 Å². The molecule has 2 aliphatic carbocycles. The fourth-order valence-corrected chi connectivity index (χ4v) is 3.29. The Labute approximate surface area is 107 Å². The molecule has 0 spiro atoms. The minimum atomic E-state index is -0.178. The van der Waals surface area contributed by atoms with Crippen LogP contribution in [0.15, 0.2) is 5.16 Å². The first-order valence-corrected chi connectivity index (χ1v) is 7.00. The van der Waals surface area contributed by atoms with Crippen LogP contribution in [0.2, 0.25) is 0 Å². The number of oxime groups is 1. The maximum Gasteiger partial charge on any atom is 0.226 e. The molecular weight excluding hydrogens is 230 g/mol. The Morgan fingerprint density at radius 2 is 1.83 bits per heavy atom. The molecule has 18 heavy (non-hydrogen) atoms. The molecule has 2 saturated carbocycles. The molecule has 0 radical (unpaired) electrons. The number of amides is 1. The number of amidine groups is 1. The van der Waals surface area contributed by atoms with Crippen molar-refractivity contribution in [2.24, 2.45) is 28.6 Å². The van der Waals surface area contributed by atoms with Crippen molar-refractivity contribution in [1.82, 2.24) is 4.90 Å². The summed E-state index contributed by atoms with van der Waals surface area (Å²) in [6.45, 7) is 0.760. The van der Waals surface area contributed by atoms with Crippen LogP contribution in [0.3, 0.4) is 0 Å². The van der Waals surface area contributed by atoms with Crippen molar-refractivity contribution in [2.75, 3.05) is 6.54 Å². The summed E-state index contributed by atoms with van der Waals surface area (Å²) in [6.07, 6.45) is 6.59. The number of carbonyl (C=O) groups is 1. The lowest BCUT2D eigenvalue weighted by Gasteiger charge is -2.28. The molecule has 3 fully saturated rings. The molecule has 1 heterocycles. The Bertz CT molecular complexity index is 362. The first kappa shape index (κ1) is 11.8. The van der Waals surface area contributed by atoms with E-state index in [0.717, 1.165) is 19.4 Å². The van der Waals surface area contributed by atoms with Gasteiger partial charge in [0, 0.05) is 12.5 Å². The van der Waals surface area contributed by atoms with Gasteiger partial charge in [-0.2, -0.15) is 0 Å². The van der Waals surface area contributed by atoms with Crippen molar-refractivity contribution in [2.45, 2.75) is 44.6 Å². The normalized spacial score (nSPS) is 29.1. The standard InChI is InChI=1S/C13H21N3O2/c14-12(15-18)10-2-1-7-16(10)13(17)11(8-3-4-8)9-5-6-9/h8-11,18H,1-7H2,(H2,14,15). The van der Waals surface area contributed by atoms with Gasteiger partial charge in [0.25, 0.3) is 0 Å². The summed E-state index contributed by atoms with van der Waals surface area (Å²) in [7, 11) is 0. The topological polar surface area (TPSA) is 78.9 Å². The van der Waals surface area contributed by atoms with Gasteiger partial charge in [-0.05, 0) is 50.4 Å². The molecule has 1 saturated heterocycles. The summed E-state index contributed by atoms with van der Waals surface area (Å²) < 4.78 is 0. The minimum absolute atomic E-state index is 0.178. The lowest BCUT2D eigenvalue weighted by molar-refractivity contribution is -0.136. The van der Waals surface area contributed by atoms with Crippen molar-refractivity contribution >= 4 is 11.7 Å². The maximum absolute atomic E-state index is 12.7. The number of hydrogen-bond donors (Lipinski definition) is 2. The van der Waals surface area contributed by atoms with Gasteiger partial charge in [-0.3, -0.25) is 4.79 Å². The van der Waals surface area contributed by atoms with E-state index < -0.39 is 0 Å². The zero-order valence-corrected chi connectivity index (χ0v) is 10.6. The van der Waals surface area contributed by atoms with Crippen LogP contribution in [0.5, 0.6) is 0 Å². The maximum atomic E-state index is 12.7. The third-order valence-corrected chi connectivity index (χ3v) is 4.54. The SMILES string of the molecule is NC(=NO)C1CCCN1C(=O)C(C1CC1)C1CC1. The van der Waals surface area contributed by atoms with Crippen LogP contribution in [0.4, 0.5) is 0 Å². The summed E-state index contributed by atoms with van der Waals surface area (Å²) in [5.41, 5.74) is 5.70. The third kappa shape index (κ3) is 2.06. The molecule has 3 N–H and O–H groups in total. The highest BCUT2D eigenvalue weighted by molar-refractivity contribution is 5.91. The zero-order valence-electron chi connectivity index (χ0n) is 10.6. The highest BCUT2D eigenvalue weighted by Gasteiger charge is 2.48. The minimum Gasteiger partial charge on any atom is -0.409 e. The molecule has 5 heteroatoms. The van der Waals surface area contributed by atoms with Crippen LogP contribution in [-0.4, -0.2) is 34.4 Å². The van der Waals surface area contributed by atoms with Crippen molar-refractivity contribution < 1.29 is 10.0 Å². The highest BCUT2D eigenvalue weighted by atomic mass is 16.4. The van der Waals surface area contributed by atoms with Crippen molar-refractivity contribution in [3.05, 3.63) is 0 Å². The third-order valence-electron chi connectivity index (χ3n) is 4.54. The Kier molecular flexibility index (Phi) is 2.92. The second kappa shape index (κ2) is 4.44. The van der Waals surface area contributed by atoms with Gasteiger partial charge in [0.15, 0.2) is 5.84 Å². The molecule has 0 bridgehead atoms. The highest BCUT2D eigenvalue weighted by Crippen LogP contribution is 2.50. The van der Waals surface area contributed by atoms with Crippen LogP contribution < -0.4 is 5.73 Å². The predicted octanol–water partition coefficient (Wildman–Crippen LogP) is 1.16. The van der Waals surface area contributed by atoms with E-state index in [0.29, 0.717) is 11.8 Å². The van der Waals surface area contributed by atoms with Crippen molar-refractivity contribution in [1.29, 1.82) is 0 Å². The van der Waals surface area contributed by atoms with Gasteiger partial charge in [0.1, 0.15) is 0 Å². The van der Waals surface area contributed by atoms with Crippen LogP contribution in [0.1, 0.15) is 38.5 Å². The molecule has 1 atom stereocenters. The van der Waals surface area contributed by atoms with E-state index >= 15 is 0 Å². The molecule has 1 amide bonds. The van der Waals surface area contributed by atoms with Gasteiger partial charge < -0.3 is 15.8 Å². The van der Waals surface area contributed by atoms with E-state index in [-0.39, 0.29) is 23.7 Å². The van der Waals surface area contributed by atoms with Gasteiger partial charge in [0.2, 0.25) is 5.91 Å². The van der Waals surface area contributed by atoms with E-state index in [1.54, 1.807) is 0 Å². The second-order valence-electron chi connectivity index (χ2n) is 5.92. The number of carbonyl (C=O) groups excluding carboxylic acids is 1. The lowest BCUT2D eigenvalue weighted by atomic mass is 9.95. The summed E-state index contributed by atoms with van der Waals surface area (Å²) in [5.74, 6) is 1.88. The molecule has 100 valence electrons. The molecule has 1 unspecified atom stereocenters. The predicted molar refractivity (Wildman–Crippen MR) is 67.1 cm³/mol. The number of nitrogens with two attached hydrogens (primary N) is 1. The number of nitrogens with zero attached hydrogens (tertiary/aromatic N) is 2. The molecule has 1 aliphatic heterocycles. The molecule has 5 nitrogen and oxygen atoms in total. The Hall–Kier alpha value is -1.26. The van der Waals surface area contributed by atoms with Gasteiger partial charge in [-0.15, -0.1) is 0 Å². The van der Waals surface area contributed by atoms with Crippen molar-refractivity contribution in [3.8, 4) is 0 Å². The van der Waals surface area contributed by atoms with Crippen LogP contribution in [-0.2, 0) is 4.79 Å². The Morgan fingerprint density at radius 3 is 2.33 bits per heavy atom. The van der Waals surface area contributed by atoms with E-state index in [4.69, 9.17) is 10.9 Å². The van der Waals surface area contributed by atoms with Gasteiger partial charge in [-0.1, -0.05) is 5.16 Å². The summed E-state index contributed by atoms with van der Waals surface area (Å²) >= 11 is 0. The van der Waals surface area contributed by atoms with E-state index in [2.05, 4.69) is 5.16 Å². The summed E-state index contributed by atoms with van der Waals surface area (Å²) in [5, 5.41) is 11.9.